The average Bonchev–Trinajstić information content (AvgIpc) is 3.23. The van der Waals surface area contributed by atoms with Crippen molar-refractivity contribution >= 4 is 17.2 Å². The fourth-order valence-corrected chi connectivity index (χ4v) is 3.40. The third-order valence-electron chi connectivity index (χ3n) is 4.09. The van der Waals surface area contributed by atoms with Crippen molar-refractivity contribution in [1.29, 1.82) is 0 Å². The van der Waals surface area contributed by atoms with Gasteiger partial charge in [0.1, 0.15) is 0 Å². The van der Waals surface area contributed by atoms with Crippen LogP contribution in [0.2, 0.25) is 0 Å². The molecule has 0 spiro atoms. The van der Waals surface area contributed by atoms with E-state index < -0.39 is 0 Å². The Morgan fingerprint density at radius 2 is 1.92 bits per heavy atom. The third-order valence-corrected chi connectivity index (χ3v) is 5.10. The molecule has 0 saturated heterocycles. The lowest BCUT2D eigenvalue weighted by Gasteiger charge is -2.16. The van der Waals surface area contributed by atoms with Crippen molar-refractivity contribution in [2.24, 2.45) is 0 Å². The van der Waals surface area contributed by atoms with Crippen molar-refractivity contribution in [1.82, 2.24) is 15.1 Å². The standard InChI is InChI=1S/C19H21N3O2S/c1-13-4-6-15(7-5-13)19-21-20-17(24-19)8-9-18(23)22(3)12-16-14(2)10-11-25-16/h4-7,10-11H,8-9,12H2,1-3H3. The number of rotatable bonds is 6. The van der Waals surface area contributed by atoms with Gasteiger partial charge in [-0.2, -0.15) is 0 Å². The van der Waals surface area contributed by atoms with E-state index in [0.29, 0.717) is 31.2 Å². The monoisotopic (exact) mass is 355 g/mol. The Bertz CT molecular complexity index is 852. The minimum atomic E-state index is 0.0721. The maximum Gasteiger partial charge on any atom is 0.247 e. The van der Waals surface area contributed by atoms with Crippen LogP contribution < -0.4 is 0 Å². The van der Waals surface area contributed by atoms with E-state index >= 15 is 0 Å². The predicted octanol–water partition coefficient (Wildman–Crippen LogP) is 4.01. The van der Waals surface area contributed by atoms with Crippen LogP contribution in [0, 0.1) is 13.8 Å². The lowest BCUT2D eigenvalue weighted by molar-refractivity contribution is -0.130. The van der Waals surface area contributed by atoms with Crippen LogP contribution in [-0.2, 0) is 17.8 Å². The molecule has 0 aliphatic heterocycles. The second-order valence-electron chi connectivity index (χ2n) is 6.14. The Morgan fingerprint density at radius 1 is 1.16 bits per heavy atom. The van der Waals surface area contributed by atoms with Gasteiger partial charge in [-0.3, -0.25) is 4.79 Å². The highest BCUT2D eigenvalue weighted by Gasteiger charge is 2.14. The van der Waals surface area contributed by atoms with Crippen LogP contribution in [0.25, 0.3) is 11.5 Å². The quantitative estimate of drug-likeness (QED) is 0.670. The first-order valence-corrected chi connectivity index (χ1v) is 9.07. The number of nitrogens with zero attached hydrogens (tertiary/aromatic N) is 3. The van der Waals surface area contributed by atoms with Gasteiger partial charge in [0.25, 0.3) is 0 Å². The first-order chi connectivity index (χ1) is 12.0. The van der Waals surface area contributed by atoms with Gasteiger partial charge < -0.3 is 9.32 Å². The van der Waals surface area contributed by atoms with Gasteiger partial charge in [-0.25, -0.2) is 0 Å². The van der Waals surface area contributed by atoms with Crippen LogP contribution in [0.1, 0.15) is 28.3 Å². The number of amides is 1. The van der Waals surface area contributed by atoms with Crippen LogP contribution in [0.4, 0.5) is 0 Å². The fourth-order valence-electron chi connectivity index (χ4n) is 2.44. The van der Waals surface area contributed by atoms with Gasteiger partial charge >= 0.3 is 0 Å². The maximum atomic E-state index is 12.3. The molecular formula is C19H21N3O2S. The van der Waals surface area contributed by atoms with E-state index in [1.807, 2.05) is 43.6 Å². The molecule has 25 heavy (non-hydrogen) atoms. The molecule has 130 valence electrons. The summed E-state index contributed by atoms with van der Waals surface area (Å²) in [5.74, 6) is 1.05. The third kappa shape index (κ3) is 4.33. The Hall–Kier alpha value is -2.47. The Labute approximate surface area is 151 Å². The van der Waals surface area contributed by atoms with Crippen molar-refractivity contribution in [3.05, 3.63) is 57.6 Å². The summed E-state index contributed by atoms with van der Waals surface area (Å²) in [6.07, 6.45) is 0.807. The summed E-state index contributed by atoms with van der Waals surface area (Å²) in [7, 11) is 1.83. The minimum Gasteiger partial charge on any atom is -0.421 e. The highest BCUT2D eigenvalue weighted by molar-refractivity contribution is 7.10. The highest BCUT2D eigenvalue weighted by Crippen LogP contribution is 2.20. The zero-order valence-electron chi connectivity index (χ0n) is 14.7. The van der Waals surface area contributed by atoms with E-state index in [1.165, 1.54) is 16.0 Å². The smallest absolute Gasteiger partial charge is 0.247 e. The Kier molecular flexibility index (Phi) is 5.28. The summed E-state index contributed by atoms with van der Waals surface area (Å²) in [6.45, 7) is 4.73. The Morgan fingerprint density at radius 3 is 2.60 bits per heavy atom. The number of hydrogen-bond acceptors (Lipinski definition) is 5. The molecule has 0 saturated carbocycles. The molecule has 2 heterocycles. The van der Waals surface area contributed by atoms with E-state index in [4.69, 9.17) is 4.42 Å². The van der Waals surface area contributed by atoms with E-state index in [9.17, 15) is 4.79 Å². The van der Waals surface area contributed by atoms with E-state index in [-0.39, 0.29) is 5.91 Å². The van der Waals surface area contributed by atoms with Crippen LogP contribution in [0.15, 0.2) is 40.1 Å². The molecule has 1 aromatic carbocycles. The number of hydrogen-bond donors (Lipinski definition) is 0. The fraction of sp³-hybridized carbons (Fsp3) is 0.316. The first-order valence-electron chi connectivity index (χ1n) is 8.19. The van der Waals surface area contributed by atoms with Crippen LogP contribution in [0.3, 0.4) is 0 Å². The van der Waals surface area contributed by atoms with Crippen molar-refractivity contribution in [3.63, 3.8) is 0 Å². The largest absolute Gasteiger partial charge is 0.421 e. The van der Waals surface area contributed by atoms with E-state index in [2.05, 4.69) is 23.2 Å². The second kappa shape index (κ2) is 7.61. The summed E-state index contributed by atoms with van der Waals surface area (Å²) < 4.78 is 5.67. The molecule has 0 radical (unpaired) electrons. The highest BCUT2D eigenvalue weighted by atomic mass is 32.1. The molecule has 1 amide bonds. The molecule has 5 nitrogen and oxygen atoms in total. The first kappa shape index (κ1) is 17.4. The molecule has 0 N–H and O–H groups in total. The summed E-state index contributed by atoms with van der Waals surface area (Å²) in [5.41, 5.74) is 3.29. The molecule has 6 heteroatoms. The SMILES string of the molecule is Cc1ccc(-c2nnc(CCC(=O)N(C)Cc3sccc3C)o2)cc1. The molecule has 0 atom stereocenters. The van der Waals surface area contributed by atoms with Crippen LogP contribution in [0.5, 0.6) is 0 Å². The maximum absolute atomic E-state index is 12.3. The van der Waals surface area contributed by atoms with Crippen molar-refractivity contribution < 1.29 is 9.21 Å². The lowest BCUT2D eigenvalue weighted by Crippen LogP contribution is -2.26. The molecule has 3 rings (SSSR count). The lowest BCUT2D eigenvalue weighted by atomic mass is 10.1. The topological polar surface area (TPSA) is 59.2 Å². The number of benzene rings is 1. The van der Waals surface area contributed by atoms with Gasteiger partial charge in [0.15, 0.2) is 0 Å². The van der Waals surface area contributed by atoms with Gasteiger partial charge in [-0.1, -0.05) is 17.7 Å². The van der Waals surface area contributed by atoms with E-state index in [0.717, 1.165) is 5.56 Å². The van der Waals surface area contributed by atoms with Crippen LogP contribution >= 0.6 is 11.3 Å². The number of carbonyl (C=O) groups is 1. The molecule has 0 bridgehead atoms. The molecular weight excluding hydrogens is 334 g/mol. The normalized spacial score (nSPS) is 10.8. The molecule has 3 aromatic rings. The van der Waals surface area contributed by atoms with Gasteiger partial charge in [0.2, 0.25) is 17.7 Å². The zero-order chi connectivity index (χ0) is 17.8. The number of aromatic nitrogens is 2. The van der Waals surface area contributed by atoms with Gasteiger partial charge in [-0.05, 0) is 43.0 Å². The molecule has 0 fully saturated rings. The van der Waals surface area contributed by atoms with Crippen molar-refractivity contribution in [2.45, 2.75) is 33.2 Å². The van der Waals surface area contributed by atoms with Gasteiger partial charge in [0.05, 0.1) is 6.54 Å². The van der Waals surface area contributed by atoms with Gasteiger partial charge in [-0.15, -0.1) is 21.5 Å². The number of aryl methyl sites for hydroxylation is 3. The predicted molar refractivity (Wildman–Crippen MR) is 98.3 cm³/mol. The summed E-state index contributed by atoms with van der Waals surface area (Å²) in [6, 6.07) is 9.99. The summed E-state index contributed by atoms with van der Waals surface area (Å²) in [5, 5.41) is 10.2. The zero-order valence-corrected chi connectivity index (χ0v) is 15.5. The average molecular weight is 355 g/mol. The minimum absolute atomic E-state index is 0.0721. The van der Waals surface area contributed by atoms with Gasteiger partial charge in [0, 0.05) is 30.3 Å². The van der Waals surface area contributed by atoms with Crippen LogP contribution in [-0.4, -0.2) is 28.1 Å². The number of thiophene rings is 1. The Balaban J connectivity index is 1.55. The number of carbonyl (C=O) groups excluding carboxylic acids is 1. The molecule has 0 aliphatic carbocycles. The van der Waals surface area contributed by atoms with E-state index in [1.54, 1.807) is 16.2 Å². The summed E-state index contributed by atoms with van der Waals surface area (Å²) in [4.78, 5) is 15.3. The second-order valence-corrected chi connectivity index (χ2v) is 7.14. The summed E-state index contributed by atoms with van der Waals surface area (Å²) >= 11 is 1.68. The molecule has 0 unspecified atom stereocenters. The van der Waals surface area contributed by atoms with Crippen molar-refractivity contribution in [2.75, 3.05) is 7.05 Å². The molecule has 2 aromatic heterocycles. The molecule has 0 aliphatic rings. The van der Waals surface area contributed by atoms with Crippen molar-refractivity contribution in [3.8, 4) is 11.5 Å².